The molecule has 1 aromatic carbocycles. The summed E-state index contributed by atoms with van der Waals surface area (Å²) in [5.74, 6) is 0. The molecule has 1 aromatic rings. The molecule has 3 atom stereocenters. The molecule has 0 unspecified atom stereocenters. The fraction of sp³-hybridized carbons (Fsp3) is 0.625. The summed E-state index contributed by atoms with van der Waals surface area (Å²) in [6.07, 6.45) is 8.40. The molecule has 2 fully saturated rings. The van der Waals surface area contributed by atoms with Crippen LogP contribution in [-0.2, 0) is 0 Å². The molecule has 2 bridgehead atoms. The Morgan fingerprint density at radius 3 is 2.89 bits per heavy atom. The first-order chi connectivity index (χ1) is 8.82. The Labute approximate surface area is 117 Å². The van der Waals surface area contributed by atoms with Gasteiger partial charge in [-0.05, 0) is 0 Å². The van der Waals surface area contributed by atoms with Crippen molar-refractivity contribution in [2.24, 2.45) is 0 Å². The molecule has 0 aromatic heterocycles. The van der Waals surface area contributed by atoms with Gasteiger partial charge in [0.2, 0.25) is 0 Å². The first kappa shape index (κ1) is 12.7. The van der Waals surface area contributed by atoms with Crippen LogP contribution in [0.4, 0.5) is 0 Å². The molecule has 18 heavy (non-hydrogen) atoms. The molecule has 0 radical (unpaired) electrons. The van der Waals surface area contributed by atoms with Gasteiger partial charge in [0.15, 0.2) is 0 Å². The average molecular weight is 308 g/mol. The molecule has 1 N–H and O–H groups in total. The van der Waals surface area contributed by atoms with Crippen LogP contribution in [0.2, 0.25) is 4.82 Å². The van der Waals surface area contributed by atoms with Crippen LogP contribution in [0.25, 0.3) is 0 Å². The topological polar surface area (TPSA) is 12.0 Å². The number of rotatable bonds is 5. The van der Waals surface area contributed by atoms with Crippen molar-refractivity contribution in [3.8, 4) is 0 Å². The van der Waals surface area contributed by atoms with Crippen LogP contribution >= 0.6 is 0 Å². The van der Waals surface area contributed by atoms with Crippen molar-refractivity contribution in [3.05, 3.63) is 30.3 Å². The molecular formula is C16H23NSe. The number of benzene rings is 1. The van der Waals surface area contributed by atoms with Crippen molar-refractivity contribution in [2.75, 3.05) is 0 Å². The van der Waals surface area contributed by atoms with E-state index in [1.807, 2.05) is 0 Å². The maximum atomic E-state index is 3.96. The maximum absolute atomic E-state index is 3.96. The van der Waals surface area contributed by atoms with Crippen LogP contribution in [0, 0.1) is 0 Å². The Morgan fingerprint density at radius 2 is 2.17 bits per heavy atom. The predicted molar refractivity (Wildman–Crippen MR) is 78.6 cm³/mol. The van der Waals surface area contributed by atoms with Crippen LogP contribution in [0.1, 0.15) is 45.4 Å². The molecule has 2 heterocycles. The second-order valence-corrected chi connectivity index (χ2v) is 8.47. The van der Waals surface area contributed by atoms with Crippen molar-refractivity contribution in [1.29, 1.82) is 0 Å². The monoisotopic (exact) mass is 309 g/mol. The number of fused-ring (bicyclic) bond motifs is 2. The van der Waals surface area contributed by atoms with E-state index in [9.17, 15) is 0 Å². The van der Waals surface area contributed by atoms with Gasteiger partial charge >= 0.3 is 117 Å². The van der Waals surface area contributed by atoms with E-state index < -0.39 is 0 Å². The fourth-order valence-corrected chi connectivity index (χ4v) is 6.72. The molecule has 2 aliphatic rings. The SMILES string of the molecule is CCCC[C@]12CC[C@H](C[C@H]1[Se]c1ccccc1)N2. The molecule has 0 amide bonds. The molecule has 98 valence electrons. The van der Waals surface area contributed by atoms with Gasteiger partial charge in [-0.1, -0.05) is 0 Å². The molecule has 2 heteroatoms. The van der Waals surface area contributed by atoms with Gasteiger partial charge in [-0.25, -0.2) is 0 Å². The van der Waals surface area contributed by atoms with E-state index in [-0.39, 0.29) is 0 Å². The second kappa shape index (κ2) is 5.36. The summed E-state index contributed by atoms with van der Waals surface area (Å²) >= 11 is 0.650. The second-order valence-electron chi connectivity index (χ2n) is 5.79. The molecule has 0 spiro atoms. The summed E-state index contributed by atoms with van der Waals surface area (Å²) in [6.45, 7) is 2.31. The van der Waals surface area contributed by atoms with Gasteiger partial charge in [-0.2, -0.15) is 0 Å². The Bertz CT molecular complexity index is 391. The van der Waals surface area contributed by atoms with Crippen LogP contribution < -0.4 is 9.78 Å². The third-order valence-electron chi connectivity index (χ3n) is 4.54. The van der Waals surface area contributed by atoms with Crippen molar-refractivity contribution >= 4 is 19.4 Å². The van der Waals surface area contributed by atoms with Crippen LogP contribution in [0.3, 0.4) is 0 Å². The molecule has 3 rings (SSSR count). The molecule has 2 saturated heterocycles. The summed E-state index contributed by atoms with van der Waals surface area (Å²) in [5, 5.41) is 3.96. The summed E-state index contributed by atoms with van der Waals surface area (Å²) < 4.78 is 1.58. The number of nitrogens with one attached hydrogen (secondary N) is 1. The summed E-state index contributed by atoms with van der Waals surface area (Å²) in [7, 11) is 0. The first-order valence-electron chi connectivity index (χ1n) is 7.32. The van der Waals surface area contributed by atoms with E-state index in [4.69, 9.17) is 0 Å². The van der Waals surface area contributed by atoms with Gasteiger partial charge in [0.25, 0.3) is 0 Å². The Kier molecular flexibility index (Phi) is 3.79. The van der Waals surface area contributed by atoms with Crippen LogP contribution in [0.5, 0.6) is 0 Å². The third kappa shape index (κ3) is 2.39. The minimum atomic E-state index is 0.510. The molecule has 2 aliphatic heterocycles. The zero-order chi connectivity index (χ0) is 12.4. The van der Waals surface area contributed by atoms with Crippen molar-refractivity contribution in [2.45, 2.75) is 61.8 Å². The molecule has 0 aliphatic carbocycles. The van der Waals surface area contributed by atoms with Gasteiger partial charge in [-0.15, -0.1) is 0 Å². The van der Waals surface area contributed by atoms with Crippen molar-refractivity contribution in [3.63, 3.8) is 0 Å². The fourth-order valence-electron chi connectivity index (χ4n) is 3.57. The standard InChI is InChI=1S/C16H23NSe/c1-2-3-10-16-11-9-13(17-16)12-15(16)18-14-7-5-4-6-8-14/h4-8,13,15,17H,2-3,9-12H2,1H3/t13-,15-,16+/m1/s1. The Morgan fingerprint density at radius 1 is 1.33 bits per heavy atom. The first-order valence-corrected chi connectivity index (χ1v) is 9.16. The zero-order valence-corrected chi connectivity index (χ0v) is 12.9. The van der Waals surface area contributed by atoms with Crippen molar-refractivity contribution in [1.82, 2.24) is 5.32 Å². The Balaban J connectivity index is 1.71. The van der Waals surface area contributed by atoms with Gasteiger partial charge < -0.3 is 0 Å². The summed E-state index contributed by atoms with van der Waals surface area (Å²) in [5.41, 5.74) is 0.510. The minimum absolute atomic E-state index is 0.510. The normalized spacial score (nSPS) is 34.1. The van der Waals surface area contributed by atoms with Gasteiger partial charge in [-0.3, -0.25) is 0 Å². The van der Waals surface area contributed by atoms with Gasteiger partial charge in [0.05, 0.1) is 0 Å². The molecular weight excluding hydrogens is 285 g/mol. The van der Waals surface area contributed by atoms with E-state index >= 15 is 0 Å². The van der Waals surface area contributed by atoms with Crippen LogP contribution in [0.15, 0.2) is 30.3 Å². The Hall–Kier alpha value is -0.301. The van der Waals surface area contributed by atoms with Crippen molar-refractivity contribution < 1.29 is 0 Å². The number of hydrogen-bond donors (Lipinski definition) is 1. The number of hydrogen-bond acceptors (Lipinski definition) is 1. The quantitative estimate of drug-likeness (QED) is 0.825. The third-order valence-corrected chi connectivity index (χ3v) is 7.63. The molecule has 0 saturated carbocycles. The van der Waals surface area contributed by atoms with E-state index in [1.165, 1.54) is 38.5 Å². The predicted octanol–water partition coefficient (Wildman–Crippen LogP) is 2.89. The van der Waals surface area contributed by atoms with Crippen LogP contribution in [-0.4, -0.2) is 26.5 Å². The van der Waals surface area contributed by atoms with E-state index in [2.05, 4.69) is 42.6 Å². The average Bonchev–Trinajstić information content (AvgIpc) is 2.96. The van der Waals surface area contributed by atoms with E-state index in [1.54, 1.807) is 4.46 Å². The van der Waals surface area contributed by atoms with E-state index in [0.29, 0.717) is 20.5 Å². The van der Waals surface area contributed by atoms with Gasteiger partial charge in [0.1, 0.15) is 0 Å². The zero-order valence-electron chi connectivity index (χ0n) is 11.2. The van der Waals surface area contributed by atoms with Gasteiger partial charge in [0, 0.05) is 0 Å². The summed E-state index contributed by atoms with van der Waals surface area (Å²) in [4.78, 5) is 0.928. The van der Waals surface area contributed by atoms with E-state index in [0.717, 1.165) is 10.9 Å². The summed E-state index contributed by atoms with van der Waals surface area (Å²) in [6, 6.07) is 12.0. The molecule has 1 nitrogen and oxygen atoms in total. The number of unbranched alkanes of at least 4 members (excludes halogenated alkanes) is 1.